The van der Waals surface area contributed by atoms with E-state index in [0.29, 0.717) is 18.0 Å². The molecule has 1 amide bonds. The monoisotopic (exact) mass is 265 g/mol. The van der Waals surface area contributed by atoms with Crippen LogP contribution in [0.15, 0.2) is 24.3 Å². The lowest BCUT2D eigenvalue weighted by Gasteiger charge is -2.15. The summed E-state index contributed by atoms with van der Waals surface area (Å²) in [7, 11) is 0. The van der Waals surface area contributed by atoms with Gasteiger partial charge < -0.3 is 10.6 Å². The topological polar surface area (TPSA) is 64.9 Å². The lowest BCUT2D eigenvalue weighted by molar-refractivity contribution is -0.120. The Morgan fingerprint density at radius 2 is 2.22 bits per heavy atom. The fourth-order valence-corrected chi connectivity index (χ4v) is 1.80. The van der Waals surface area contributed by atoms with E-state index in [1.165, 1.54) is 0 Å². The van der Waals surface area contributed by atoms with Crippen molar-refractivity contribution in [3.63, 3.8) is 0 Å². The first-order valence-electron chi connectivity index (χ1n) is 5.76. The van der Waals surface area contributed by atoms with Crippen molar-refractivity contribution in [2.75, 3.05) is 13.1 Å². The largest absolute Gasteiger partial charge is 0.354 e. The Bertz CT molecular complexity index is 442. The number of rotatable bonds is 6. The molecule has 1 atom stereocenters. The summed E-state index contributed by atoms with van der Waals surface area (Å²) >= 11 is 6.06. The van der Waals surface area contributed by atoms with Crippen LogP contribution in [0.3, 0.4) is 0 Å². The molecule has 5 heteroatoms. The number of carbonyl (C=O) groups excluding carboxylic acids is 1. The Hall–Kier alpha value is -1.57. The first kappa shape index (κ1) is 14.5. The molecule has 0 unspecified atom stereocenters. The minimum Gasteiger partial charge on any atom is -0.354 e. The van der Waals surface area contributed by atoms with Crippen LogP contribution in [-0.2, 0) is 4.79 Å². The second kappa shape index (κ2) is 7.70. The molecule has 18 heavy (non-hydrogen) atoms. The number of hydrogen-bond acceptors (Lipinski definition) is 3. The van der Waals surface area contributed by atoms with Crippen molar-refractivity contribution in [1.29, 1.82) is 5.26 Å². The normalized spacial score (nSPS) is 11.6. The maximum atomic E-state index is 11.4. The molecule has 0 fully saturated rings. The lowest BCUT2D eigenvalue weighted by atomic mass is 10.1. The Morgan fingerprint density at radius 3 is 2.89 bits per heavy atom. The van der Waals surface area contributed by atoms with Gasteiger partial charge in [0.15, 0.2) is 0 Å². The van der Waals surface area contributed by atoms with Crippen molar-refractivity contribution >= 4 is 17.5 Å². The zero-order chi connectivity index (χ0) is 13.4. The van der Waals surface area contributed by atoms with Crippen molar-refractivity contribution < 1.29 is 4.79 Å². The van der Waals surface area contributed by atoms with E-state index in [1.54, 1.807) is 0 Å². The minimum absolute atomic E-state index is 0.000386. The van der Waals surface area contributed by atoms with E-state index in [4.69, 9.17) is 16.9 Å². The molecule has 1 aromatic rings. The third kappa shape index (κ3) is 4.74. The molecular formula is C13H16ClN3O. The maximum absolute atomic E-state index is 11.4. The Kier molecular flexibility index (Phi) is 6.20. The number of nitriles is 1. The summed E-state index contributed by atoms with van der Waals surface area (Å²) in [5.41, 5.74) is 0.962. The Balaban J connectivity index is 2.38. The summed E-state index contributed by atoms with van der Waals surface area (Å²) < 4.78 is 0. The van der Waals surface area contributed by atoms with E-state index < -0.39 is 0 Å². The molecular weight excluding hydrogens is 250 g/mol. The van der Waals surface area contributed by atoms with Crippen LogP contribution in [0.4, 0.5) is 0 Å². The van der Waals surface area contributed by atoms with Crippen LogP contribution in [0, 0.1) is 11.3 Å². The molecule has 0 spiro atoms. The highest BCUT2D eigenvalue weighted by Crippen LogP contribution is 2.21. The second-order valence-electron chi connectivity index (χ2n) is 3.88. The van der Waals surface area contributed by atoms with Crippen LogP contribution in [-0.4, -0.2) is 19.0 Å². The Morgan fingerprint density at radius 1 is 1.50 bits per heavy atom. The van der Waals surface area contributed by atoms with Gasteiger partial charge in [-0.25, -0.2) is 0 Å². The molecule has 0 aliphatic rings. The van der Waals surface area contributed by atoms with Gasteiger partial charge in [0, 0.05) is 17.6 Å². The highest BCUT2D eigenvalue weighted by molar-refractivity contribution is 6.31. The third-order valence-corrected chi connectivity index (χ3v) is 2.84. The van der Waals surface area contributed by atoms with Gasteiger partial charge in [-0.15, -0.1) is 0 Å². The van der Waals surface area contributed by atoms with Crippen LogP contribution >= 0.6 is 11.6 Å². The number of halogens is 1. The molecule has 1 aromatic carbocycles. The van der Waals surface area contributed by atoms with Crippen LogP contribution in [0.25, 0.3) is 0 Å². The van der Waals surface area contributed by atoms with Gasteiger partial charge in [0.05, 0.1) is 19.0 Å². The molecule has 1 rings (SSSR count). The second-order valence-corrected chi connectivity index (χ2v) is 4.29. The first-order valence-corrected chi connectivity index (χ1v) is 6.14. The summed E-state index contributed by atoms with van der Waals surface area (Å²) in [6.07, 6.45) is 0.325. The number of carbonyl (C=O) groups is 1. The average molecular weight is 266 g/mol. The predicted molar refractivity (Wildman–Crippen MR) is 71.1 cm³/mol. The molecule has 0 aliphatic carbocycles. The van der Waals surface area contributed by atoms with Gasteiger partial charge in [0.1, 0.15) is 0 Å². The summed E-state index contributed by atoms with van der Waals surface area (Å²) in [4.78, 5) is 11.4. The summed E-state index contributed by atoms with van der Waals surface area (Å²) in [6.45, 7) is 2.54. The molecule has 0 heterocycles. The van der Waals surface area contributed by atoms with Crippen molar-refractivity contribution in [2.45, 2.75) is 19.4 Å². The van der Waals surface area contributed by atoms with Crippen LogP contribution in [0.1, 0.15) is 24.9 Å². The Labute approximate surface area is 112 Å². The van der Waals surface area contributed by atoms with Gasteiger partial charge >= 0.3 is 0 Å². The highest BCUT2D eigenvalue weighted by atomic mass is 35.5. The molecule has 0 aliphatic heterocycles. The van der Waals surface area contributed by atoms with Crippen molar-refractivity contribution in [3.8, 4) is 6.07 Å². The summed E-state index contributed by atoms with van der Waals surface area (Å²) in [5.74, 6) is -0.121. The van der Waals surface area contributed by atoms with Crippen molar-refractivity contribution in [3.05, 3.63) is 34.9 Å². The number of nitrogens with one attached hydrogen (secondary N) is 2. The van der Waals surface area contributed by atoms with Gasteiger partial charge in [-0.1, -0.05) is 29.8 Å². The average Bonchev–Trinajstić information content (AvgIpc) is 2.37. The first-order chi connectivity index (χ1) is 8.65. The smallest absolute Gasteiger partial charge is 0.234 e. The molecule has 4 nitrogen and oxygen atoms in total. The zero-order valence-corrected chi connectivity index (χ0v) is 11.0. The van der Waals surface area contributed by atoms with Crippen LogP contribution < -0.4 is 10.6 Å². The van der Waals surface area contributed by atoms with E-state index in [1.807, 2.05) is 37.3 Å². The van der Waals surface area contributed by atoms with E-state index in [0.717, 1.165) is 5.56 Å². The van der Waals surface area contributed by atoms with Gasteiger partial charge in [0.2, 0.25) is 5.91 Å². The standard InChI is InChI=1S/C13H16ClN3O/c1-10(11-5-2-3-6-12(11)14)17-9-13(18)16-8-4-7-15/h2-3,5-6,10,17H,4,8-9H2,1H3,(H,16,18)/t10-/m0/s1. The van der Waals surface area contributed by atoms with Gasteiger partial charge in [-0.2, -0.15) is 5.26 Å². The van der Waals surface area contributed by atoms with Gasteiger partial charge in [-0.3, -0.25) is 4.79 Å². The zero-order valence-electron chi connectivity index (χ0n) is 10.2. The van der Waals surface area contributed by atoms with Gasteiger partial charge in [-0.05, 0) is 18.6 Å². The maximum Gasteiger partial charge on any atom is 0.234 e. The van der Waals surface area contributed by atoms with E-state index in [2.05, 4.69) is 10.6 Å². The molecule has 0 bridgehead atoms. The van der Waals surface area contributed by atoms with Crippen molar-refractivity contribution in [2.24, 2.45) is 0 Å². The fraction of sp³-hybridized carbons (Fsp3) is 0.385. The molecule has 0 saturated heterocycles. The van der Waals surface area contributed by atoms with Crippen molar-refractivity contribution in [1.82, 2.24) is 10.6 Å². The number of amides is 1. The van der Waals surface area contributed by atoms with Gasteiger partial charge in [0.25, 0.3) is 0 Å². The van der Waals surface area contributed by atoms with Crippen LogP contribution in [0.2, 0.25) is 5.02 Å². The molecule has 2 N–H and O–H groups in total. The third-order valence-electron chi connectivity index (χ3n) is 2.50. The van der Waals surface area contributed by atoms with E-state index in [9.17, 15) is 4.79 Å². The SMILES string of the molecule is C[C@H](NCC(=O)NCCC#N)c1ccccc1Cl. The predicted octanol–water partition coefficient (Wildman–Crippen LogP) is 2.02. The number of hydrogen-bond donors (Lipinski definition) is 2. The quantitative estimate of drug-likeness (QED) is 0.774. The number of nitrogens with zero attached hydrogens (tertiary/aromatic N) is 1. The van der Waals surface area contributed by atoms with Crippen LogP contribution in [0.5, 0.6) is 0 Å². The summed E-state index contributed by atoms with van der Waals surface area (Å²) in [5, 5.41) is 14.8. The molecule has 96 valence electrons. The molecule has 0 aromatic heterocycles. The molecule has 0 radical (unpaired) electrons. The minimum atomic E-state index is -0.121. The van der Waals surface area contributed by atoms with E-state index in [-0.39, 0.29) is 18.5 Å². The van der Waals surface area contributed by atoms with E-state index >= 15 is 0 Å². The summed E-state index contributed by atoms with van der Waals surface area (Å²) in [6, 6.07) is 9.49. The number of benzene rings is 1. The lowest BCUT2D eigenvalue weighted by Crippen LogP contribution is -2.35. The molecule has 0 saturated carbocycles. The highest BCUT2D eigenvalue weighted by Gasteiger charge is 2.09. The fourth-order valence-electron chi connectivity index (χ4n) is 1.50.